The summed E-state index contributed by atoms with van der Waals surface area (Å²) in [7, 11) is 1.86. The number of amides is 1. The van der Waals surface area contributed by atoms with Crippen molar-refractivity contribution >= 4 is 5.91 Å². The van der Waals surface area contributed by atoms with E-state index in [9.17, 15) is 4.79 Å². The molecule has 0 bridgehead atoms. The van der Waals surface area contributed by atoms with Gasteiger partial charge in [0, 0.05) is 57.2 Å². The van der Waals surface area contributed by atoms with E-state index in [-0.39, 0.29) is 5.91 Å². The number of nitrogens with one attached hydrogen (secondary N) is 1. The van der Waals surface area contributed by atoms with Crippen molar-refractivity contribution < 1.29 is 9.53 Å². The zero-order valence-corrected chi connectivity index (χ0v) is 18.0. The second-order valence-electron chi connectivity index (χ2n) is 8.49. The van der Waals surface area contributed by atoms with Crippen molar-refractivity contribution in [3.8, 4) is 0 Å². The molecule has 7 heteroatoms. The summed E-state index contributed by atoms with van der Waals surface area (Å²) in [6.45, 7) is 12.1. The number of piperidine rings is 1. The second kappa shape index (κ2) is 9.85. The maximum absolute atomic E-state index is 12.4. The highest BCUT2D eigenvalue weighted by atomic mass is 16.5. The second-order valence-corrected chi connectivity index (χ2v) is 8.49. The van der Waals surface area contributed by atoms with Crippen LogP contribution in [-0.2, 0) is 11.8 Å². The summed E-state index contributed by atoms with van der Waals surface area (Å²) in [4.78, 5) is 17.7. The third kappa shape index (κ3) is 5.33. The van der Waals surface area contributed by atoms with Crippen LogP contribution in [0.15, 0.2) is 6.07 Å². The Labute approximate surface area is 169 Å². The maximum Gasteiger partial charge on any atom is 0.271 e. The molecule has 158 valence electrons. The minimum Gasteiger partial charge on any atom is -0.381 e. The van der Waals surface area contributed by atoms with Gasteiger partial charge >= 0.3 is 0 Å². The molecule has 0 atom stereocenters. The predicted molar refractivity (Wildman–Crippen MR) is 111 cm³/mol. The summed E-state index contributed by atoms with van der Waals surface area (Å²) in [5, 5.41) is 7.36. The van der Waals surface area contributed by atoms with Gasteiger partial charge in [0.05, 0.1) is 0 Å². The van der Waals surface area contributed by atoms with Crippen molar-refractivity contribution in [2.24, 2.45) is 7.05 Å². The Bertz CT molecular complexity index is 611. The number of carbonyl (C=O) groups excluding carboxylic acids is 1. The lowest BCUT2D eigenvalue weighted by molar-refractivity contribution is 0.0000183. The van der Waals surface area contributed by atoms with E-state index in [1.165, 1.54) is 25.9 Å². The van der Waals surface area contributed by atoms with Crippen LogP contribution in [0.25, 0.3) is 0 Å². The first-order chi connectivity index (χ1) is 13.5. The average molecular weight is 392 g/mol. The molecule has 0 aliphatic carbocycles. The molecular weight excluding hydrogens is 354 g/mol. The third-order valence-corrected chi connectivity index (χ3v) is 6.36. The van der Waals surface area contributed by atoms with Crippen molar-refractivity contribution in [1.29, 1.82) is 0 Å². The molecule has 0 unspecified atom stereocenters. The van der Waals surface area contributed by atoms with E-state index in [0.717, 1.165) is 38.3 Å². The van der Waals surface area contributed by atoms with Gasteiger partial charge in [-0.05, 0) is 65.6 Å². The van der Waals surface area contributed by atoms with Crippen LogP contribution >= 0.6 is 0 Å². The average Bonchev–Trinajstić information content (AvgIpc) is 3.04. The lowest BCUT2D eigenvalue weighted by Gasteiger charge is -2.44. The molecule has 3 heterocycles. The van der Waals surface area contributed by atoms with Gasteiger partial charge in [0.2, 0.25) is 0 Å². The fourth-order valence-electron chi connectivity index (χ4n) is 4.47. The van der Waals surface area contributed by atoms with Crippen molar-refractivity contribution in [3.05, 3.63) is 17.5 Å². The predicted octanol–water partition coefficient (Wildman–Crippen LogP) is 1.81. The van der Waals surface area contributed by atoms with Crippen LogP contribution in [0.3, 0.4) is 0 Å². The zero-order valence-electron chi connectivity index (χ0n) is 18.0. The van der Waals surface area contributed by atoms with Crippen LogP contribution in [0.4, 0.5) is 0 Å². The Morgan fingerprint density at radius 1 is 1.25 bits per heavy atom. The van der Waals surface area contributed by atoms with Gasteiger partial charge in [0.15, 0.2) is 0 Å². The summed E-state index contributed by atoms with van der Waals surface area (Å²) in [6.07, 6.45) is 4.61. The first kappa shape index (κ1) is 21.3. The lowest BCUT2D eigenvalue weighted by atomic mass is 9.97. The first-order valence-electron chi connectivity index (χ1n) is 10.8. The zero-order chi connectivity index (χ0) is 20.1. The minimum absolute atomic E-state index is 0.0785. The summed E-state index contributed by atoms with van der Waals surface area (Å²) < 4.78 is 7.33. The molecule has 7 nitrogen and oxygen atoms in total. The molecule has 0 saturated carbocycles. The maximum atomic E-state index is 12.4. The van der Waals surface area contributed by atoms with E-state index in [1.807, 2.05) is 20.0 Å². The number of hydrogen-bond donors (Lipinski definition) is 1. The largest absolute Gasteiger partial charge is 0.381 e. The van der Waals surface area contributed by atoms with E-state index < -0.39 is 0 Å². The van der Waals surface area contributed by atoms with Crippen molar-refractivity contribution in [1.82, 2.24) is 24.9 Å². The number of nitrogens with zero attached hydrogens (tertiary/aromatic N) is 4. The molecule has 0 spiro atoms. The van der Waals surface area contributed by atoms with E-state index in [4.69, 9.17) is 4.74 Å². The number of aromatic nitrogens is 2. The summed E-state index contributed by atoms with van der Waals surface area (Å²) in [5.41, 5.74) is 1.49. The quantitative estimate of drug-likeness (QED) is 0.768. The third-order valence-electron chi connectivity index (χ3n) is 6.36. The highest BCUT2D eigenvalue weighted by molar-refractivity contribution is 5.92. The van der Waals surface area contributed by atoms with Crippen LogP contribution in [-0.4, -0.2) is 83.0 Å². The molecule has 2 aliphatic rings. The Morgan fingerprint density at radius 3 is 2.46 bits per heavy atom. The van der Waals surface area contributed by atoms with Gasteiger partial charge in [-0.2, -0.15) is 5.10 Å². The van der Waals surface area contributed by atoms with E-state index in [1.54, 1.807) is 4.68 Å². The molecule has 0 aromatic carbocycles. The van der Waals surface area contributed by atoms with Gasteiger partial charge in [-0.25, -0.2) is 0 Å². The summed E-state index contributed by atoms with van der Waals surface area (Å²) in [6, 6.07) is 3.64. The first-order valence-corrected chi connectivity index (χ1v) is 10.8. The highest BCUT2D eigenvalue weighted by Gasteiger charge is 2.31. The van der Waals surface area contributed by atoms with E-state index >= 15 is 0 Å². The van der Waals surface area contributed by atoms with Crippen LogP contribution < -0.4 is 5.32 Å². The highest BCUT2D eigenvalue weighted by Crippen LogP contribution is 2.24. The van der Waals surface area contributed by atoms with Crippen molar-refractivity contribution in [3.63, 3.8) is 0 Å². The SMILES string of the molecule is Cc1cc(C(=O)NCCN(C2CCOCC2)C2CCN(C(C)C)CC2)nn1C. The molecule has 0 radical (unpaired) electrons. The molecule has 1 aromatic heterocycles. The Kier molecular flexibility index (Phi) is 7.48. The van der Waals surface area contributed by atoms with Gasteiger partial charge in [-0.1, -0.05) is 0 Å². The van der Waals surface area contributed by atoms with E-state index in [0.29, 0.717) is 30.4 Å². The molecule has 2 aliphatic heterocycles. The summed E-state index contributed by atoms with van der Waals surface area (Å²) >= 11 is 0. The van der Waals surface area contributed by atoms with Gasteiger partial charge < -0.3 is 15.0 Å². The van der Waals surface area contributed by atoms with Crippen LogP contribution in [0.5, 0.6) is 0 Å². The summed E-state index contributed by atoms with van der Waals surface area (Å²) in [5.74, 6) is -0.0785. The molecule has 2 saturated heterocycles. The number of rotatable bonds is 7. The van der Waals surface area contributed by atoms with Gasteiger partial charge in [0.25, 0.3) is 5.91 Å². The smallest absolute Gasteiger partial charge is 0.271 e. The molecule has 28 heavy (non-hydrogen) atoms. The minimum atomic E-state index is -0.0785. The van der Waals surface area contributed by atoms with Crippen LogP contribution in [0.1, 0.15) is 55.7 Å². The monoisotopic (exact) mass is 391 g/mol. The molecule has 1 aromatic rings. The molecule has 1 amide bonds. The number of likely N-dealkylation sites (tertiary alicyclic amines) is 1. The Hall–Kier alpha value is -1.44. The lowest BCUT2D eigenvalue weighted by Crippen LogP contribution is -2.53. The molecule has 1 N–H and O–H groups in total. The standard InChI is InChI=1S/C21H37N5O2/c1-16(2)25-10-5-18(6-11-25)26(19-7-13-28-14-8-19)12-9-22-21(27)20-15-17(3)24(4)23-20/h15-16,18-19H,5-14H2,1-4H3,(H,22,27). The van der Waals surface area contributed by atoms with Crippen molar-refractivity contribution in [2.75, 3.05) is 39.4 Å². The molecule has 3 rings (SSSR count). The van der Waals surface area contributed by atoms with Crippen molar-refractivity contribution in [2.45, 2.75) is 64.6 Å². The molecule has 2 fully saturated rings. The van der Waals surface area contributed by atoms with Gasteiger partial charge in [-0.15, -0.1) is 0 Å². The normalized spacial score (nSPS) is 20.2. The van der Waals surface area contributed by atoms with Gasteiger partial charge in [-0.3, -0.25) is 14.4 Å². The topological polar surface area (TPSA) is 62.6 Å². The number of hydrogen-bond acceptors (Lipinski definition) is 5. The number of aryl methyl sites for hydroxylation is 2. The van der Waals surface area contributed by atoms with E-state index in [2.05, 4.69) is 34.1 Å². The van der Waals surface area contributed by atoms with Crippen LogP contribution in [0.2, 0.25) is 0 Å². The number of carbonyl (C=O) groups is 1. The Balaban J connectivity index is 1.55. The molecular formula is C21H37N5O2. The number of ether oxygens (including phenoxy) is 1. The Morgan fingerprint density at radius 2 is 1.89 bits per heavy atom. The van der Waals surface area contributed by atoms with Crippen LogP contribution in [0, 0.1) is 6.92 Å². The fraction of sp³-hybridized carbons (Fsp3) is 0.810. The van der Waals surface area contributed by atoms with Gasteiger partial charge in [0.1, 0.15) is 5.69 Å². The fourth-order valence-corrected chi connectivity index (χ4v) is 4.47.